The third kappa shape index (κ3) is 4.89. The zero-order chi connectivity index (χ0) is 19.4. The van der Waals surface area contributed by atoms with Crippen molar-refractivity contribution in [2.45, 2.75) is 45.6 Å². The van der Waals surface area contributed by atoms with Gasteiger partial charge in [0, 0.05) is 18.7 Å². The molecule has 2 aromatic rings. The maximum absolute atomic E-state index is 12.8. The zero-order valence-electron chi connectivity index (χ0n) is 16.4. The molecule has 0 unspecified atom stereocenters. The molecule has 146 valence electrons. The van der Waals surface area contributed by atoms with E-state index in [1.807, 2.05) is 49.9 Å². The molecular weight excluding hydrogens is 342 g/mol. The van der Waals surface area contributed by atoms with E-state index in [2.05, 4.69) is 10.2 Å². The van der Waals surface area contributed by atoms with E-state index < -0.39 is 5.60 Å². The highest BCUT2D eigenvalue weighted by molar-refractivity contribution is 5.93. The number of likely N-dealkylation sites (tertiary alicyclic amines) is 1. The van der Waals surface area contributed by atoms with Crippen molar-refractivity contribution < 1.29 is 14.6 Å². The van der Waals surface area contributed by atoms with Gasteiger partial charge >= 0.3 is 0 Å². The number of H-pyrrole nitrogens is 1. The molecule has 1 aliphatic heterocycles. The maximum atomic E-state index is 12.8. The van der Waals surface area contributed by atoms with E-state index in [-0.39, 0.29) is 5.91 Å². The molecule has 6 heteroatoms. The molecule has 6 nitrogen and oxygen atoms in total. The molecule has 0 spiro atoms. The van der Waals surface area contributed by atoms with Crippen molar-refractivity contribution in [2.24, 2.45) is 5.92 Å². The van der Waals surface area contributed by atoms with Gasteiger partial charge in [0.25, 0.3) is 5.91 Å². The standard InChI is InChI=1S/C21H29N3O3/c1-4-27-19-8-6-5-7-16(19)17-13-18(23-22-17)20(25)24-11-9-15(10-12-24)14-21(2,3)26/h5-8,13,15,26H,4,9-12,14H2,1-3H3,(H,22,23). The van der Waals surface area contributed by atoms with Gasteiger partial charge in [-0.25, -0.2) is 0 Å². The number of hydrogen-bond acceptors (Lipinski definition) is 4. The van der Waals surface area contributed by atoms with Gasteiger partial charge < -0.3 is 14.7 Å². The lowest BCUT2D eigenvalue weighted by Gasteiger charge is -2.34. The first-order valence-corrected chi connectivity index (χ1v) is 9.66. The van der Waals surface area contributed by atoms with Gasteiger partial charge in [0.05, 0.1) is 17.9 Å². The number of rotatable bonds is 6. The summed E-state index contributed by atoms with van der Waals surface area (Å²) < 4.78 is 5.66. The molecule has 0 atom stereocenters. The summed E-state index contributed by atoms with van der Waals surface area (Å²) in [4.78, 5) is 14.7. The van der Waals surface area contributed by atoms with Crippen molar-refractivity contribution in [2.75, 3.05) is 19.7 Å². The summed E-state index contributed by atoms with van der Waals surface area (Å²) in [5, 5.41) is 17.2. The molecule has 1 aromatic heterocycles. The highest BCUT2D eigenvalue weighted by Gasteiger charge is 2.28. The molecule has 3 rings (SSSR count). The molecular formula is C21H29N3O3. The Bertz CT molecular complexity index is 771. The normalized spacial score (nSPS) is 15.8. The minimum absolute atomic E-state index is 0.0238. The Morgan fingerprint density at radius 3 is 2.70 bits per heavy atom. The average molecular weight is 371 g/mol. The van der Waals surface area contributed by atoms with E-state index in [4.69, 9.17) is 4.74 Å². The summed E-state index contributed by atoms with van der Waals surface area (Å²) in [6.07, 6.45) is 2.62. The van der Waals surface area contributed by atoms with E-state index in [0.717, 1.165) is 30.6 Å². The Labute approximate surface area is 160 Å². The number of aromatic amines is 1. The van der Waals surface area contributed by atoms with E-state index in [9.17, 15) is 9.90 Å². The fraction of sp³-hybridized carbons (Fsp3) is 0.524. The van der Waals surface area contributed by atoms with Crippen molar-refractivity contribution in [1.29, 1.82) is 0 Å². The molecule has 1 aliphatic rings. The van der Waals surface area contributed by atoms with E-state index in [1.54, 1.807) is 6.07 Å². The third-order valence-electron chi connectivity index (χ3n) is 4.96. The second-order valence-electron chi connectivity index (χ2n) is 7.85. The Kier molecular flexibility index (Phi) is 5.85. The van der Waals surface area contributed by atoms with Crippen LogP contribution in [-0.2, 0) is 0 Å². The molecule has 1 fully saturated rings. The number of para-hydroxylation sites is 1. The van der Waals surface area contributed by atoms with Gasteiger partial charge in [0.15, 0.2) is 0 Å². The van der Waals surface area contributed by atoms with Gasteiger partial charge in [-0.3, -0.25) is 9.89 Å². The SMILES string of the molecule is CCOc1ccccc1-c1cc(C(=O)N2CCC(CC(C)(C)O)CC2)[nH]n1. The molecule has 27 heavy (non-hydrogen) atoms. The molecule has 2 N–H and O–H groups in total. The molecule has 1 saturated heterocycles. The Hall–Kier alpha value is -2.34. The van der Waals surface area contributed by atoms with Crippen LogP contribution in [0.4, 0.5) is 0 Å². The highest BCUT2D eigenvalue weighted by Crippen LogP contribution is 2.30. The lowest BCUT2D eigenvalue weighted by molar-refractivity contribution is 0.0357. The van der Waals surface area contributed by atoms with E-state index >= 15 is 0 Å². The number of nitrogens with zero attached hydrogens (tertiary/aromatic N) is 2. The average Bonchev–Trinajstić information content (AvgIpc) is 3.11. The van der Waals surface area contributed by atoms with Gasteiger partial charge in [0.1, 0.15) is 11.4 Å². The second kappa shape index (κ2) is 8.13. The number of ether oxygens (including phenoxy) is 1. The first-order chi connectivity index (χ1) is 12.9. The summed E-state index contributed by atoms with van der Waals surface area (Å²) >= 11 is 0. The molecule has 1 aromatic carbocycles. The van der Waals surface area contributed by atoms with Crippen LogP contribution in [0.2, 0.25) is 0 Å². The number of benzene rings is 1. The fourth-order valence-corrected chi connectivity index (χ4v) is 3.75. The second-order valence-corrected chi connectivity index (χ2v) is 7.85. The van der Waals surface area contributed by atoms with Crippen molar-refractivity contribution in [3.8, 4) is 17.0 Å². The number of carbonyl (C=O) groups excluding carboxylic acids is 1. The summed E-state index contributed by atoms with van der Waals surface area (Å²) in [5.74, 6) is 1.20. The smallest absolute Gasteiger partial charge is 0.271 e. The van der Waals surface area contributed by atoms with Crippen LogP contribution in [0.15, 0.2) is 30.3 Å². The summed E-state index contributed by atoms with van der Waals surface area (Å²) in [6, 6.07) is 9.50. The molecule has 0 saturated carbocycles. The van der Waals surface area contributed by atoms with E-state index in [0.29, 0.717) is 37.0 Å². The third-order valence-corrected chi connectivity index (χ3v) is 4.96. The van der Waals surface area contributed by atoms with E-state index in [1.165, 1.54) is 0 Å². The predicted octanol–water partition coefficient (Wildman–Crippen LogP) is 3.49. The first-order valence-electron chi connectivity index (χ1n) is 9.66. The first kappa shape index (κ1) is 19.4. The Balaban J connectivity index is 1.66. The predicted molar refractivity (Wildman–Crippen MR) is 105 cm³/mol. The molecule has 0 radical (unpaired) electrons. The number of aromatic nitrogens is 2. The summed E-state index contributed by atoms with van der Waals surface area (Å²) in [7, 11) is 0. The number of aliphatic hydroxyl groups is 1. The molecule has 0 aliphatic carbocycles. The Morgan fingerprint density at radius 1 is 1.33 bits per heavy atom. The number of hydrogen-bond donors (Lipinski definition) is 2. The van der Waals surface area contributed by atoms with Crippen LogP contribution < -0.4 is 4.74 Å². The van der Waals surface area contributed by atoms with Crippen molar-refractivity contribution in [3.63, 3.8) is 0 Å². The van der Waals surface area contributed by atoms with Crippen LogP contribution in [0.5, 0.6) is 5.75 Å². The number of amides is 1. The minimum atomic E-state index is -0.650. The molecule has 1 amide bonds. The van der Waals surface area contributed by atoms with Crippen LogP contribution in [0, 0.1) is 5.92 Å². The number of carbonyl (C=O) groups is 1. The zero-order valence-corrected chi connectivity index (χ0v) is 16.4. The molecule has 2 heterocycles. The van der Waals surface area contributed by atoms with Crippen molar-refractivity contribution in [1.82, 2.24) is 15.1 Å². The highest BCUT2D eigenvalue weighted by atomic mass is 16.5. The largest absolute Gasteiger partial charge is 0.493 e. The number of nitrogens with one attached hydrogen (secondary N) is 1. The summed E-state index contributed by atoms with van der Waals surface area (Å²) in [5.41, 5.74) is 1.43. The van der Waals surface area contributed by atoms with Gasteiger partial charge in [-0.2, -0.15) is 5.10 Å². The quantitative estimate of drug-likeness (QED) is 0.815. The van der Waals surface area contributed by atoms with Gasteiger partial charge in [-0.15, -0.1) is 0 Å². The maximum Gasteiger partial charge on any atom is 0.271 e. The lowest BCUT2D eigenvalue weighted by atomic mass is 9.86. The fourth-order valence-electron chi connectivity index (χ4n) is 3.75. The van der Waals surface area contributed by atoms with Crippen LogP contribution in [0.3, 0.4) is 0 Å². The van der Waals surface area contributed by atoms with Gasteiger partial charge in [-0.1, -0.05) is 12.1 Å². The topological polar surface area (TPSA) is 78.5 Å². The molecule has 0 bridgehead atoms. The monoisotopic (exact) mass is 371 g/mol. The van der Waals surface area contributed by atoms with Gasteiger partial charge in [0.2, 0.25) is 0 Å². The van der Waals surface area contributed by atoms with Crippen molar-refractivity contribution in [3.05, 3.63) is 36.0 Å². The number of piperidine rings is 1. The summed E-state index contributed by atoms with van der Waals surface area (Å²) in [6.45, 7) is 7.63. The van der Waals surface area contributed by atoms with Crippen LogP contribution >= 0.6 is 0 Å². The van der Waals surface area contributed by atoms with Crippen LogP contribution in [0.1, 0.15) is 50.5 Å². The van der Waals surface area contributed by atoms with Gasteiger partial charge in [-0.05, 0) is 64.2 Å². The van der Waals surface area contributed by atoms with Crippen LogP contribution in [-0.4, -0.2) is 51.4 Å². The minimum Gasteiger partial charge on any atom is -0.493 e. The Morgan fingerprint density at radius 2 is 2.04 bits per heavy atom. The lowest BCUT2D eigenvalue weighted by Crippen LogP contribution is -2.40. The van der Waals surface area contributed by atoms with Crippen LogP contribution in [0.25, 0.3) is 11.3 Å². The van der Waals surface area contributed by atoms with Crippen molar-refractivity contribution >= 4 is 5.91 Å².